The van der Waals surface area contributed by atoms with E-state index in [0.717, 1.165) is 27.7 Å². The molecule has 0 bridgehead atoms. The van der Waals surface area contributed by atoms with Crippen molar-refractivity contribution in [1.82, 2.24) is 5.32 Å². The molecular formula is C14H21BrN2O2. The van der Waals surface area contributed by atoms with E-state index < -0.39 is 0 Å². The van der Waals surface area contributed by atoms with Gasteiger partial charge >= 0.3 is 6.03 Å². The summed E-state index contributed by atoms with van der Waals surface area (Å²) in [5.41, 5.74) is 2.93. The SMILES string of the molecule is COCC[C@H](C)NC(=O)Nc1c(C)cc(Br)cc1C. The minimum Gasteiger partial charge on any atom is -0.385 e. The fourth-order valence-corrected chi connectivity index (χ4v) is 2.53. The molecule has 1 aromatic carbocycles. The first kappa shape index (κ1) is 16.0. The molecule has 0 heterocycles. The van der Waals surface area contributed by atoms with E-state index in [9.17, 15) is 4.79 Å². The number of carbonyl (C=O) groups excluding carboxylic acids is 1. The van der Waals surface area contributed by atoms with Crippen LogP contribution in [0.3, 0.4) is 0 Å². The molecule has 0 radical (unpaired) electrons. The molecule has 0 saturated carbocycles. The van der Waals surface area contributed by atoms with E-state index in [0.29, 0.717) is 6.61 Å². The van der Waals surface area contributed by atoms with Crippen LogP contribution < -0.4 is 10.6 Å². The van der Waals surface area contributed by atoms with Gasteiger partial charge in [0.15, 0.2) is 0 Å². The number of benzene rings is 1. The fourth-order valence-electron chi connectivity index (χ4n) is 1.85. The van der Waals surface area contributed by atoms with Crippen molar-refractivity contribution in [3.8, 4) is 0 Å². The maximum absolute atomic E-state index is 11.9. The lowest BCUT2D eigenvalue weighted by atomic mass is 10.1. The molecule has 2 N–H and O–H groups in total. The summed E-state index contributed by atoms with van der Waals surface area (Å²) in [4.78, 5) is 11.9. The van der Waals surface area contributed by atoms with Gasteiger partial charge in [0.05, 0.1) is 0 Å². The predicted molar refractivity (Wildman–Crippen MR) is 81.7 cm³/mol. The second-order valence-electron chi connectivity index (χ2n) is 4.70. The lowest BCUT2D eigenvalue weighted by Gasteiger charge is -2.16. The molecule has 0 aliphatic heterocycles. The number of carbonyl (C=O) groups is 1. The van der Waals surface area contributed by atoms with Gasteiger partial charge in [-0.05, 0) is 50.5 Å². The minimum atomic E-state index is -0.183. The number of methoxy groups -OCH3 is 1. The Kier molecular flexibility index (Phi) is 6.31. The third-order valence-corrected chi connectivity index (χ3v) is 3.33. The third kappa shape index (κ3) is 5.20. The topological polar surface area (TPSA) is 50.4 Å². The third-order valence-electron chi connectivity index (χ3n) is 2.87. The molecule has 1 aromatic rings. The highest BCUT2D eigenvalue weighted by atomic mass is 79.9. The van der Waals surface area contributed by atoms with E-state index >= 15 is 0 Å². The molecule has 2 amide bonds. The van der Waals surface area contributed by atoms with Gasteiger partial charge in [-0.1, -0.05) is 15.9 Å². The summed E-state index contributed by atoms with van der Waals surface area (Å²) in [5.74, 6) is 0. The average Bonchev–Trinajstić information content (AvgIpc) is 2.31. The molecule has 0 aliphatic rings. The van der Waals surface area contributed by atoms with Crippen LogP contribution in [0.25, 0.3) is 0 Å². The van der Waals surface area contributed by atoms with Gasteiger partial charge < -0.3 is 15.4 Å². The van der Waals surface area contributed by atoms with Gasteiger partial charge in [0.25, 0.3) is 0 Å². The molecule has 4 nitrogen and oxygen atoms in total. The number of urea groups is 1. The van der Waals surface area contributed by atoms with Crippen LogP contribution in [0.4, 0.5) is 10.5 Å². The number of anilines is 1. The number of ether oxygens (including phenoxy) is 1. The molecule has 0 unspecified atom stereocenters. The van der Waals surface area contributed by atoms with Crippen LogP contribution in [-0.4, -0.2) is 25.8 Å². The molecule has 0 aliphatic carbocycles. The number of nitrogens with one attached hydrogen (secondary N) is 2. The second kappa shape index (κ2) is 7.50. The van der Waals surface area contributed by atoms with Gasteiger partial charge in [-0.2, -0.15) is 0 Å². The molecule has 0 spiro atoms. The molecule has 1 rings (SSSR count). The fraction of sp³-hybridized carbons (Fsp3) is 0.500. The van der Waals surface area contributed by atoms with Crippen molar-refractivity contribution in [3.05, 3.63) is 27.7 Å². The van der Waals surface area contributed by atoms with Crippen LogP contribution in [0.1, 0.15) is 24.5 Å². The summed E-state index contributed by atoms with van der Waals surface area (Å²) in [6.45, 7) is 6.54. The monoisotopic (exact) mass is 328 g/mol. The Morgan fingerprint density at radius 3 is 2.47 bits per heavy atom. The Bertz CT molecular complexity index is 426. The number of amides is 2. The Morgan fingerprint density at radius 1 is 1.37 bits per heavy atom. The molecule has 106 valence electrons. The first-order chi connectivity index (χ1) is 8.93. The zero-order valence-corrected chi connectivity index (χ0v) is 13.4. The maximum Gasteiger partial charge on any atom is 0.319 e. The Hall–Kier alpha value is -1.07. The Labute approximate surface area is 123 Å². The Balaban J connectivity index is 2.62. The first-order valence-corrected chi connectivity index (χ1v) is 7.06. The quantitative estimate of drug-likeness (QED) is 0.867. The van der Waals surface area contributed by atoms with Gasteiger partial charge in [-0.15, -0.1) is 0 Å². The van der Waals surface area contributed by atoms with E-state index in [4.69, 9.17) is 4.74 Å². The van der Waals surface area contributed by atoms with Crippen LogP contribution in [-0.2, 0) is 4.74 Å². The van der Waals surface area contributed by atoms with Crippen LogP contribution in [0, 0.1) is 13.8 Å². The predicted octanol–water partition coefficient (Wildman–Crippen LogP) is 3.61. The molecule has 0 saturated heterocycles. The summed E-state index contributed by atoms with van der Waals surface area (Å²) in [6.07, 6.45) is 0.794. The van der Waals surface area contributed by atoms with E-state index in [1.165, 1.54) is 0 Å². The average molecular weight is 329 g/mol. The van der Waals surface area contributed by atoms with Crippen LogP contribution in [0.15, 0.2) is 16.6 Å². The number of rotatable bonds is 5. The lowest BCUT2D eigenvalue weighted by molar-refractivity contribution is 0.185. The molecule has 1 atom stereocenters. The number of hydrogen-bond acceptors (Lipinski definition) is 2. The van der Waals surface area contributed by atoms with Crippen LogP contribution in [0.2, 0.25) is 0 Å². The summed E-state index contributed by atoms with van der Waals surface area (Å²) in [5, 5.41) is 5.79. The number of aryl methyl sites for hydroxylation is 2. The standard InChI is InChI=1S/C14H21BrN2O2/c1-9-7-12(15)8-10(2)13(9)17-14(18)16-11(3)5-6-19-4/h7-8,11H,5-6H2,1-4H3,(H2,16,17,18)/t11-/m0/s1. The van der Waals surface area contributed by atoms with E-state index in [-0.39, 0.29) is 12.1 Å². The zero-order chi connectivity index (χ0) is 14.4. The van der Waals surface area contributed by atoms with Crippen molar-refractivity contribution < 1.29 is 9.53 Å². The van der Waals surface area contributed by atoms with Gasteiger partial charge in [0.1, 0.15) is 0 Å². The van der Waals surface area contributed by atoms with Crippen molar-refractivity contribution in [2.75, 3.05) is 19.0 Å². The van der Waals surface area contributed by atoms with Crippen molar-refractivity contribution >= 4 is 27.6 Å². The highest BCUT2D eigenvalue weighted by Gasteiger charge is 2.10. The molecule has 0 aromatic heterocycles. The second-order valence-corrected chi connectivity index (χ2v) is 5.61. The number of halogens is 1. The Morgan fingerprint density at radius 2 is 1.95 bits per heavy atom. The molecule has 19 heavy (non-hydrogen) atoms. The number of hydrogen-bond donors (Lipinski definition) is 2. The molecular weight excluding hydrogens is 308 g/mol. The van der Waals surface area contributed by atoms with Gasteiger partial charge in [0.2, 0.25) is 0 Å². The van der Waals surface area contributed by atoms with E-state index in [2.05, 4.69) is 26.6 Å². The normalized spacial score (nSPS) is 12.1. The van der Waals surface area contributed by atoms with Crippen LogP contribution in [0.5, 0.6) is 0 Å². The zero-order valence-electron chi connectivity index (χ0n) is 11.8. The first-order valence-electron chi connectivity index (χ1n) is 6.27. The van der Waals surface area contributed by atoms with Crippen molar-refractivity contribution in [2.45, 2.75) is 33.2 Å². The summed E-state index contributed by atoms with van der Waals surface area (Å²) >= 11 is 3.44. The smallest absolute Gasteiger partial charge is 0.319 e. The van der Waals surface area contributed by atoms with Gasteiger partial charge in [0, 0.05) is 29.9 Å². The highest BCUT2D eigenvalue weighted by molar-refractivity contribution is 9.10. The maximum atomic E-state index is 11.9. The molecule has 0 fully saturated rings. The van der Waals surface area contributed by atoms with Crippen molar-refractivity contribution in [1.29, 1.82) is 0 Å². The minimum absolute atomic E-state index is 0.0796. The van der Waals surface area contributed by atoms with E-state index in [1.54, 1.807) is 7.11 Å². The summed E-state index contributed by atoms with van der Waals surface area (Å²) in [6, 6.07) is 3.86. The van der Waals surface area contributed by atoms with Crippen molar-refractivity contribution in [2.24, 2.45) is 0 Å². The van der Waals surface area contributed by atoms with E-state index in [1.807, 2.05) is 32.9 Å². The van der Waals surface area contributed by atoms with Crippen molar-refractivity contribution in [3.63, 3.8) is 0 Å². The molecule has 5 heteroatoms. The summed E-state index contributed by atoms with van der Waals surface area (Å²) in [7, 11) is 1.65. The van der Waals surface area contributed by atoms with Gasteiger partial charge in [-0.25, -0.2) is 4.79 Å². The van der Waals surface area contributed by atoms with Gasteiger partial charge in [-0.3, -0.25) is 0 Å². The lowest BCUT2D eigenvalue weighted by Crippen LogP contribution is -2.37. The van der Waals surface area contributed by atoms with Crippen LogP contribution >= 0.6 is 15.9 Å². The largest absolute Gasteiger partial charge is 0.385 e. The highest BCUT2D eigenvalue weighted by Crippen LogP contribution is 2.24. The summed E-state index contributed by atoms with van der Waals surface area (Å²) < 4.78 is 6.00.